The van der Waals surface area contributed by atoms with Gasteiger partial charge in [0.25, 0.3) is 0 Å². The Morgan fingerprint density at radius 2 is 1.94 bits per heavy atom. The minimum absolute atomic E-state index is 0.131. The van der Waals surface area contributed by atoms with Gasteiger partial charge >= 0.3 is 0 Å². The highest BCUT2D eigenvalue weighted by Gasteiger charge is 2.47. The second kappa shape index (κ2) is 4.89. The monoisotopic (exact) mass is 226 g/mol. The summed E-state index contributed by atoms with van der Waals surface area (Å²) in [5.41, 5.74) is -0.488. The molecule has 0 radical (unpaired) electrons. The van der Waals surface area contributed by atoms with Gasteiger partial charge in [-0.15, -0.1) is 0 Å². The van der Waals surface area contributed by atoms with Gasteiger partial charge in [0.05, 0.1) is 11.7 Å². The molecule has 0 amide bonds. The molecule has 1 fully saturated rings. The topological polar surface area (TPSA) is 40.5 Å². The van der Waals surface area contributed by atoms with E-state index in [2.05, 4.69) is 20.8 Å². The molecule has 1 rings (SSSR count). The SMILES string of the molecule is CCCC(O)C=CC1C(C)(C)CCC1(C)O. The molecule has 94 valence electrons. The summed E-state index contributed by atoms with van der Waals surface area (Å²) in [6.07, 6.45) is 7.18. The van der Waals surface area contributed by atoms with Crippen molar-refractivity contribution in [3.05, 3.63) is 12.2 Å². The highest BCUT2D eigenvalue weighted by molar-refractivity contribution is 5.09. The van der Waals surface area contributed by atoms with Crippen molar-refractivity contribution in [3.8, 4) is 0 Å². The van der Waals surface area contributed by atoms with Crippen molar-refractivity contribution < 1.29 is 10.2 Å². The predicted octanol–water partition coefficient (Wildman–Crippen LogP) is 2.89. The van der Waals surface area contributed by atoms with Crippen LogP contribution in [0.25, 0.3) is 0 Å². The number of aliphatic hydroxyl groups excluding tert-OH is 1. The van der Waals surface area contributed by atoms with Crippen LogP contribution in [-0.2, 0) is 0 Å². The maximum absolute atomic E-state index is 10.3. The first kappa shape index (κ1) is 13.7. The molecule has 0 aromatic heterocycles. The van der Waals surface area contributed by atoms with E-state index in [-0.39, 0.29) is 17.4 Å². The molecule has 0 heterocycles. The fraction of sp³-hybridized carbons (Fsp3) is 0.857. The smallest absolute Gasteiger partial charge is 0.0720 e. The molecule has 0 saturated heterocycles. The summed E-state index contributed by atoms with van der Waals surface area (Å²) < 4.78 is 0. The Bertz CT molecular complexity index is 237. The summed E-state index contributed by atoms with van der Waals surface area (Å²) in [6.45, 7) is 8.35. The maximum Gasteiger partial charge on any atom is 0.0720 e. The van der Waals surface area contributed by atoms with Gasteiger partial charge in [-0.25, -0.2) is 0 Å². The lowest BCUT2D eigenvalue weighted by atomic mass is 9.77. The van der Waals surface area contributed by atoms with Gasteiger partial charge in [0, 0.05) is 5.92 Å². The Morgan fingerprint density at radius 1 is 1.31 bits per heavy atom. The highest BCUT2D eigenvalue weighted by atomic mass is 16.3. The normalized spacial score (nSPS) is 35.8. The minimum atomic E-state index is -0.619. The van der Waals surface area contributed by atoms with Crippen LogP contribution in [0.1, 0.15) is 53.4 Å². The Kier molecular flexibility index (Phi) is 4.19. The maximum atomic E-state index is 10.3. The van der Waals surface area contributed by atoms with Crippen LogP contribution in [0.2, 0.25) is 0 Å². The van der Waals surface area contributed by atoms with Gasteiger partial charge in [-0.3, -0.25) is 0 Å². The zero-order valence-corrected chi connectivity index (χ0v) is 11.0. The van der Waals surface area contributed by atoms with Crippen molar-refractivity contribution in [3.63, 3.8) is 0 Å². The summed E-state index contributed by atoms with van der Waals surface area (Å²) in [5, 5.41) is 20.0. The summed E-state index contributed by atoms with van der Waals surface area (Å²) in [6, 6.07) is 0. The molecule has 3 unspecified atom stereocenters. The molecule has 2 nitrogen and oxygen atoms in total. The fourth-order valence-corrected chi connectivity index (χ4v) is 2.83. The van der Waals surface area contributed by atoms with E-state index in [1.807, 2.05) is 19.1 Å². The van der Waals surface area contributed by atoms with Crippen LogP contribution in [0.5, 0.6) is 0 Å². The van der Waals surface area contributed by atoms with Crippen LogP contribution in [0.4, 0.5) is 0 Å². The van der Waals surface area contributed by atoms with E-state index < -0.39 is 5.60 Å². The van der Waals surface area contributed by atoms with Crippen LogP contribution in [-0.4, -0.2) is 21.9 Å². The van der Waals surface area contributed by atoms with Gasteiger partial charge < -0.3 is 10.2 Å². The zero-order chi connectivity index (χ0) is 12.4. The van der Waals surface area contributed by atoms with Gasteiger partial charge in [0.1, 0.15) is 0 Å². The number of aliphatic hydroxyl groups is 2. The van der Waals surface area contributed by atoms with E-state index in [0.29, 0.717) is 0 Å². The van der Waals surface area contributed by atoms with Crippen molar-refractivity contribution in [1.29, 1.82) is 0 Å². The van der Waals surface area contributed by atoms with Crippen LogP contribution >= 0.6 is 0 Å². The first-order valence-electron chi connectivity index (χ1n) is 6.38. The molecule has 2 heteroatoms. The first-order chi connectivity index (χ1) is 7.29. The van der Waals surface area contributed by atoms with Crippen LogP contribution in [0.3, 0.4) is 0 Å². The summed E-state index contributed by atoms with van der Waals surface area (Å²) in [5.74, 6) is 0.145. The summed E-state index contributed by atoms with van der Waals surface area (Å²) >= 11 is 0. The average Bonchev–Trinajstić information content (AvgIpc) is 2.35. The van der Waals surface area contributed by atoms with E-state index in [1.54, 1.807) is 0 Å². The lowest BCUT2D eigenvalue weighted by Gasteiger charge is -2.31. The second-order valence-corrected chi connectivity index (χ2v) is 6.06. The van der Waals surface area contributed by atoms with E-state index in [1.165, 1.54) is 0 Å². The largest absolute Gasteiger partial charge is 0.390 e. The molecular formula is C14H26O2. The standard InChI is InChI=1S/C14H26O2/c1-5-6-11(15)7-8-12-13(2,3)9-10-14(12,4)16/h7-8,11-12,15-16H,5-6,9-10H2,1-4H3. The molecule has 3 atom stereocenters. The Morgan fingerprint density at radius 3 is 2.38 bits per heavy atom. The van der Waals surface area contributed by atoms with Crippen molar-refractivity contribution in [1.82, 2.24) is 0 Å². The third-order valence-corrected chi connectivity index (χ3v) is 3.90. The minimum Gasteiger partial charge on any atom is -0.390 e. The zero-order valence-electron chi connectivity index (χ0n) is 11.0. The van der Waals surface area contributed by atoms with E-state index in [9.17, 15) is 10.2 Å². The molecule has 0 aliphatic heterocycles. The molecule has 0 aromatic carbocycles. The fourth-order valence-electron chi connectivity index (χ4n) is 2.83. The average molecular weight is 226 g/mol. The van der Waals surface area contributed by atoms with Crippen LogP contribution < -0.4 is 0 Å². The molecule has 1 aliphatic carbocycles. The molecule has 16 heavy (non-hydrogen) atoms. The Labute approximate surface area is 99.4 Å². The lowest BCUT2D eigenvalue weighted by molar-refractivity contribution is 0.0184. The van der Waals surface area contributed by atoms with Crippen molar-refractivity contribution >= 4 is 0 Å². The van der Waals surface area contributed by atoms with Gasteiger partial charge in [-0.05, 0) is 31.6 Å². The Balaban J connectivity index is 2.70. The first-order valence-corrected chi connectivity index (χ1v) is 6.38. The highest BCUT2D eigenvalue weighted by Crippen LogP contribution is 2.49. The van der Waals surface area contributed by atoms with Crippen molar-refractivity contribution in [2.75, 3.05) is 0 Å². The quantitative estimate of drug-likeness (QED) is 0.724. The van der Waals surface area contributed by atoms with Crippen molar-refractivity contribution in [2.24, 2.45) is 11.3 Å². The molecule has 1 saturated carbocycles. The summed E-state index contributed by atoms with van der Waals surface area (Å²) in [4.78, 5) is 0. The van der Waals surface area contributed by atoms with Gasteiger partial charge in [-0.2, -0.15) is 0 Å². The molecule has 0 aromatic rings. The van der Waals surface area contributed by atoms with Crippen LogP contribution in [0.15, 0.2) is 12.2 Å². The number of rotatable bonds is 4. The molecule has 0 bridgehead atoms. The molecule has 2 N–H and O–H groups in total. The molecule has 0 spiro atoms. The molecule has 1 aliphatic rings. The summed E-state index contributed by atoms with van der Waals surface area (Å²) in [7, 11) is 0. The second-order valence-electron chi connectivity index (χ2n) is 6.06. The molecular weight excluding hydrogens is 200 g/mol. The van der Waals surface area contributed by atoms with Crippen LogP contribution in [0, 0.1) is 11.3 Å². The van der Waals surface area contributed by atoms with E-state index >= 15 is 0 Å². The third-order valence-electron chi connectivity index (χ3n) is 3.90. The van der Waals surface area contributed by atoms with E-state index in [4.69, 9.17) is 0 Å². The Hall–Kier alpha value is -0.340. The lowest BCUT2D eigenvalue weighted by Crippen LogP contribution is -2.33. The predicted molar refractivity (Wildman–Crippen MR) is 67.2 cm³/mol. The third kappa shape index (κ3) is 3.08. The number of hydrogen-bond donors (Lipinski definition) is 2. The van der Waals surface area contributed by atoms with E-state index in [0.717, 1.165) is 25.7 Å². The van der Waals surface area contributed by atoms with Gasteiger partial charge in [0.2, 0.25) is 0 Å². The number of hydrogen-bond acceptors (Lipinski definition) is 2. The van der Waals surface area contributed by atoms with Crippen molar-refractivity contribution in [2.45, 2.75) is 65.1 Å². The van der Waals surface area contributed by atoms with Gasteiger partial charge in [0.15, 0.2) is 0 Å². The van der Waals surface area contributed by atoms with Gasteiger partial charge in [-0.1, -0.05) is 39.3 Å².